The van der Waals surface area contributed by atoms with Crippen LogP contribution in [-0.2, 0) is 14.3 Å². The summed E-state index contributed by atoms with van der Waals surface area (Å²) in [5.41, 5.74) is 0. The van der Waals surface area contributed by atoms with Crippen molar-refractivity contribution in [2.75, 3.05) is 13.7 Å². The Bertz CT molecular complexity index is 444. The van der Waals surface area contributed by atoms with Crippen LogP contribution in [0.4, 0.5) is 4.79 Å². The van der Waals surface area contributed by atoms with Crippen LogP contribution in [0.15, 0.2) is 30.3 Å². The van der Waals surface area contributed by atoms with Gasteiger partial charge in [-0.15, -0.1) is 0 Å². The number of rotatable bonds is 6. The smallest absolute Gasteiger partial charge is 0.412 e. The Morgan fingerprint density at radius 3 is 2.42 bits per heavy atom. The quantitative estimate of drug-likeness (QED) is 0.784. The van der Waals surface area contributed by atoms with Gasteiger partial charge in [0.25, 0.3) is 0 Å². The SMILES string of the molecule is COC(=O)CCC(=O)CNC(=O)Oc1ccccc1. The molecule has 0 radical (unpaired) electrons. The minimum atomic E-state index is -0.711. The summed E-state index contributed by atoms with van der Waals surface area (Å²) in [5, 5.41) is 2.31. The van der Waals surface area contributed by atoms with E-state index < -0.39 is 12.1 Å². The molecule has 0 unspecified atom stereocenters. The molecule has 1 N–H and O–H groups in total. The largest absolute Gasteiger partial charge is 0.469 e. The first kappa shape index (κ1) is 14.7. The van der Waals surface area contributed by atoms with E-state index in [1.54, 1.807) is 30.3 Å². The van der Waals surface area contributed by atoms with Crippen LogP contribution in [0.5, 0.6) is 5.75 Å². The Balaban J connectivity index is 2.23. The second-order valence-electron chi connectivity index (χ2n) is 3.67. The summed E-state index contributed by atoms with van der Waals surface area (Å²) in [6.07, 6.45) is -0.680. The highest BCUT2D eigenvalue weighted by atomic mass is 16.6. The molecule has 19 heavy (non-hydrogen) atoms. The number of hydrogen-bond donors (Lipinski definition) is 1. The van der Waals surface area contributed by atoms with Gasteiger partial charge >= 0.3 is 12.1 Å². The van der Waals surface area contributed by atoms with Crippen molar-refractivity contribution in [3.63, 3.8) is 0 Å². The molecule has 0 saturated carbocycles. The van der Waals surface area contributed by atoms with Crippen LogP contribution in [0, 0.1) is 0 Å². The molecule has 0 saturated heterocycles. The van der Waals surface area contributed by atoms with Gasteiger partial charge in [0.1, 0.15) is 5.75 Å². The predicted octanol–water partition coefficient (Wildman–Crippen LogP) is 1.30. The van der Waals surface area contributed by atoms with E-state index in [0.717, 1.165) is 0 Å². The predicted molar refractivity (Wildman–Crippen MR) is 66.7 cm³/mol. The van der Waals surface area contributed by atoms with E-state index in [1.807, 2.05) is 0 Å². The third-order valence-corrected chi connectivity index (χ3v) is 2.22. The van der Waals surface area contributed by atoms with Gasteiger partial charge in [-0.3, -0.25) is 9.59 Å². The average molecular weight is 265 g/mol. The van der Waals surface area contributed by atoms with Gasteiger partial charge in [0.05, 0.1) is 20.1 Å². The molecule has 0 aromatic heterocycles. The zero-order valence-corrected chi connectivity index (χ0v) is 10.5. The number of esters is 1. The summed E-state index contributed by atoms with van der Waals surface area (Å²) in [6.45, 7) is -0.178. The molecule has 1 aromatic rings. The highest BCUT2D eigenvalue weighted by Crippen LogP contribution is 2.07. The van der Waals surface area contributed by atoms with E-state index in [0.29, 0.717) is 5.75 Å². The zero-order chi connectivity index (χ0) is 14.1. The Hall–Kier alpha value is -2.37. The number of amides is 1. The van der Waals surface area contributed by atoms with Crippen LogP contribution in [-0.4, -0.2) is 31.5 Å². The summed E-state index contributed by atoms with van der Waals surface area (Å²) in [4.78, 5) is 33.5. The second-order valence-corrected chi connectivity index (χ2v) is 3.67. The van der Waals surface area contributed by atoms with Crippen molar-refractivity contribution >= 4 is 17.8 Å². The normalized spacial score (nSPS) is 9.53. The minimum absolute atomic E-state index is 0.00471. The molecule has 0 heterocycles. The van der Waals surface area contributed by atoms with Crippen LogP contribution >= 0.6 is 0 Å². The lowest BCUT2D eigenvalue weighted by molar-refractivity contribution is -0.141. The standard InChI is InChI=1S/C13H15NO5/c1-18-12(16)8-7-10(15)9-14-13(17)19-11-5-3-2-4-6-11/h2-6H,7-9H2,1H3,(H,14,17). The Labute approximate surface area is 110 Å². The van der Waals surface area contributed by atoms with Crippen molar-refractivity contribution in [2.24, 2.45) is 0 Å². The van der Waals surface area contributed by atoms with Crippen molar-refractivity contribution in [1.29, 1.82) is 0 Å². The van der Waals surface area contributed by atoms with Gasteiger partial charge in [-0.2, -0.15) is 0 Å². The zero-order valence-electron chi connectivity index (χ0n) is 10.5. The highest BCUT2D eigenvalue weighted by Gasteiger charge is 2.09. The molecule has 1 amide bonds. The fourth-order valence-electron chi connectivity index (χ4n) is 1.23. The van der Waals surface area contributed by atoms with Gasteiger partial charge < -0.3 is 14.8 Å². The summed E-state index contributed by atoms with van der Waals surface area (Å²) in [6, 6.07) is 8.49. The Morgan fingerprint density at radius 1 is 1.11 bits per heavy atom. The molecule has 6 heteroatoms. The highest BCUT2D eigenvalue weighted by molar-refractivity contribution is 5.86. The molecule has 0 atom stereocenters. The maximum Gasteiger partial charge on any atom is 0.412 e. The molecule has 0 aliphatic carbocycles. The fraction of sp³-hybridized carbons (Fsp3) is 0.308. The second kappa shape index (κ2) is 7.86. The van der Waals surface area contributed by atoms with Crippen molar-refractivity contribution in [1.82, 2.24) is 5.32 Å². The van der Waals surface area contributed by atoms with Crippen molar-refractivity contribution in [3.8, 4) is 5.75 Å². The van der Waals surface area contributed by atoms with Crippen LogP contribution in [0.3, 0.4) is 0 Å². The number of carbonyl (C=O) groups is 3. The molecule has 0 aliphatic heterocycles. The number of benzene rings is 1. The lowest BCUT2D eigenvalue weighted by Crippen LogP contribution is -2.32. The van der Waals surface area contributed by atoms with Crippen molar-refractivity contribution in [2.45, 2.75) is 12.8 Å². The topological polar surface area (TPSA) is 81.7 Å². The number of ether oxygens (including phenoxy) is 2. The van der Waals surface area contributed by atoms with Crippen LogP contribution in [0.25, 0.3) is 0 Å². The fourth-order valence-corrected chi connectivity index (χ4v) is 1.23. The number of Topliss-reactive ketones (excluding diaryl/α,β-unsaturated/α-hetero) is 1. The first-order valence-electron chi connectivity index (χ1n) is 5.71. The molecule has 6 nitrogen and oxygen atoms in total. The lowest BCUT2D eigenvalue weighted by atomic mass is 10.2. The number of para-hydroxylation sites is 1. The first-order valence-corrected chi connectivity index (χ1v) is 5.71. The minimum Gasteiger partial charge on any atom is -0.469 e. The van der Waals surface area contributed by atoms with Crippen molar-refractivity contribution in [3.05, 3.63) is 30.3 Å². The van der Waals surface area contributed by atoms with Gasteiger partial charge in [0.15, 0.2) is 5.78 Å². The third kappa shape index (κ3) is 6.21. The maximum absolute atomic E-state index is 11.3. The van der Waals surface area contributed by atoms with E-state index in [-0.39, 0.29) is 25.2 Å². The van der Waals surface area contributed by atoms with E-state index in [2.05, 4.69) is 10.1 Å². The number of methoxy groups -OCH3 is 1. The molecule has 1 rings (SSSR count). The summed E-state index contributed by atoms with van der Waals surface area (Å²) in [7, 11) is 1.25. The van der Waals surface area contributed by atoms with Gasteiger partial charge in [-0.05, 0) is 12.1 Å². The molecular formula is C13H15NO5. The summed E-state index contributed by atoms with van der Waals surface area (Å²) >= 11 is 0. The van der Waals surface area contributed by atoms with Gasteiger partial charge in [0, 0.05) is 6.42 Å². The monoisotopic (exact) mass is 265 g/mol. The number of ketones is 1. The Morgan fingerprint density at radius 2 is 1.79 bits per heavy atom. The Kier molecular flexibility index (Phi) is 6.08. The summed E-state index contributed by atoms with van der Waals surface area (Å²) in [5.74, 6) is -0.336. The number of nitrogens with one attached hydrogen (secondary N) is 1. The van der Waals surface area contributed by atoms with E-state index in [4.69, 9.17) is 4.74 Å². The molecule has 0 aliphatic rings. The molecule has 0 bridgehead atoms. The van der Waals surface area contributed by atoms with Crippen LogP contribution < -0.4 is 10.1 Å². The third-order valence-electron chi connectivity index (χ3n) is 2.22. The van der Waals surface area contributed by atoms with E-state index >= 15 is 0 Å². The van der Waals surface area contributed by atoms with Crippen LogP contribution in [0.1, 0.15) is 12.8 Å². The van der Waals surface area contributed by atoms with Crippen molar-refractivity contribution < 1.29 is 23.9 Å². The molecule has 1 aromatic carbocycles. The lowest BCUT2D eigenvalue weighted by Gasteiger charge is -2.05. The van der Waals surface area contributed by atoms with Crippen LogP contribution in [0.2, 0.25) is 0 Å². The average Bonchev–Trinajstić information content (AvgIpc) is 2.43. The molecule has 0 spiro atoms. The number of hydrogen-bond acceptors (Lipinski definition) is 5. The molecule has 0 fully saturated rings. The molecule has 102 valence electrons. The number of carbonyl (C=O) groups excluding carboxylic acids is 3. The van der Waals surface area contributed by atoms with E-state index in [1.165, 1.54) is 7.11 Å². The summed E-state index contributed by atoms with van der Waals surface area (Å²) < 4.78 is 9.32. The van der Waals surface area contributed by atoms with Gasteiger partial charge in [-0.25, -0.2) is 4.79 Å². The van der Waals surface area contributed by atoms with E-state index in [9.17, 15) is 14.4 Å². The van der Waals surface area contributed by atoms with Gasteiger partial charge in [-0.1, -0.05) is 18.2 Å². The molecular weight excluding hydrogens is 250 g/mol. The maximum atomic E-state index is 11.3. The van der Waals surface area contributed by atoms with Gasteiger partial charge in [0.2, 0.25) is 0 Å². The first-order chi connectivity index (χ1) is 9.11.